The number of hydrogen-bond donors (Lipinski definition) is 1. The van der Waals surface area contributed by atoms with Crippen molar-refractivity contribution < 1.29 is 4.79 Å². The van der Waals surface area contributed by atoms with Crippen molar-refractivity contribution in [3.8, 4) is 0 Å². The smallest absolute Gasteiger partial charge is 0.251 e. The highest BCUT2D eigenvalue weighted by Crippen LogP contribution is 2.10. The van der Waals surface area contributed by atoms with Gasteiger partial charge in [-0.25, -0.2) is 0 Å². The van der Waals surface area contributed by atoms with Gasteiger partial charge < -0.3 is 10.2 Å². The first-order chi connectivity index (χ1) is 9.79. The number of carbonyl (C=O) groups excluding carboxylic acids is 1. The molecule has 3 nitrogen and oxygen atoms in total. The van der Waals surface area contributed by atoms with Gasteiger partial charge in [-0.3, -0.25) is 4.79 Å². The Bertz CT molecular complexity index is 413. The number of thioether (sulfide) groups is 1. The first kappa shape index (κ1) is 15.4. The van der Waals surface area contributed by atoms with E-state index in [1.165, 1.54) is 37.9 Å². The Kier molecular flexibility index (Phi) is 6.40. The summed E-state index contributed by atoms with van der Waals surface area (Å²) in [5.74, 6) is 1.04. The van der Waals surface area contributed by atoms with Crippen molar-refractivity contribution in [1.29, 1.82) is 0 Å². The monoisotopic (exact) mass is 292 g/mol. The first-order valence-electron chi connectivity index (χ1n) is 7.38. The number of likely N-dealkylation sites (tertiary alicyclic amines) is 1. The predicted molar refractivity (Wildman–Crippen MR) is 86.3 cm³/mol. The molecule has 1 fully saturated rings. The minimum Gasteiger partial charge on any atom is -0.351 e. The Morgan fingerprint density at radius 3 is 2.55 bits per heavy atom. The van der Waals surface area contributed by atoms with Crippen molar-refractivity contribution >= 4 is 17.7 Å². The van der Waals surface area contributed by atoms with Crippen molar-refractivity contribution in [3.63, 3.8) is 0 Å². The minimum absolute atomic E-state index is 0.0395. The van der Waals surface area contributed by atoms with Gasteiger partial charge in [-0.1, -0.05) is 18.6 Å². The van der Waals surface area contributed by atoms with Crippen molar-refractivity contribution in [1.82, 2.24) is 10.2 Å². The maximum Gasteiger partial charge on any atom is 0.251 e. The molecule has 0 atom stereocenters. The molecule has 0 aliphatic carbocycles. The van der Waals surface area contributed by atoms with Crippen LogP contribution in [0.5, 0.6) is 0 Å². The van der Waals surface area contributed by atoms with E-state index in [1.54, 1.807) is 11.8 Å². The van der Waals surface area contributed by atoms with Crippen molar-refractivity contribution in [2.75, 3.05) is 32.4 Å². The summed E-state index contributed by atoms with van der Waals surface area (Å²) in [4.78, 5) is 14.5. The molecule has 110 valence electrons. The summed E-state index contributed by atoms with van der Waals surface area (Å²) < 4.78 is 0. The lowest BCUT2D eigenvalue weighted by atomic mass is 10.1. The molecule has 1 aliphatic heterocycles. The first-order valence-corrected chi connectivity index (χ1v) is 8.77. The zero-order chi connectivity index (χ0) is 14.2. The fraction of sp³-hybridized carbons (Fsp3) is 0.562. The van der Waals surface area contributed by atoms with E-state index in [9.17, 15) is 4.79 Å². The number of rotatable bonds is 6. The predicted octanol–water partition coefficient (Wildman–Crippen LogP) is 2.77. The lowest BCUT2D eigenvalue weighted by Crippen LogP contribution is -2.37. The van der Waals surface area contributed by atoms with Crippen LogP contribution >= 0.6 is 11.8 Å². The van der Waals surface area contributed by atoms with Crippen LogP contribution < -0.4 is 5.32 Å². The zero-order valence-electron chi connectivity index (χ0n) is 12.2. The molecule has 0 saturated carbocycles. The van der Waals surface area contributed by atoms with E-state index in [0.29, 0.717) is 0 Å². The average molecular weight is 292 g/mol. The molecule has 1 saturated heterocycles. The number of hydrogen-bond acceptors (Lipinski definition) is 3. The molecule has 1 N–H and O–H groups in total. The van der Waals surface area contributed by atoms with Crippen molar-refractivity contribution in [3.05, 3.63) is 35.4 Å². The number of nitrogens with zero attached hydrogens (tertiary/aromatic N) is 1. The van der Waals surface area contributed by atoms with Gasteiger partial charge in [0.1, 0.15) is 0 Å². The molecule has 1 aromatic rings. The molecule has 0 radical (unpaired) electrons. The molecule has 0 aromatic heterocycles. The van der Waals surface area contributed by atoms with Crippen LogP contribution in [0.3, 0.4) is 0 Å². The van der Waals surface area contributed by atoms with Gasteiger partial charge in [0.2, 0.25) is 0 Å². The normalized spacial score (nSPS) is 16.1. The van der Waals surface area contributed by atoms with E-state index in [0.717, 1.165) is 24.4 Å². The standard InChI is InChI=1S/C16H24N2OS/c1-20-13-14-5-7-15(8-6-14)16(19)17-9-12-18-10-3-2-4-11-18/h5-8H,2-4,9-13H2,1H3,(H,17,19). The summed E-state index contributed by atoms with van der Waals surface area (Å²) in [7, 11) is 0. The van der Waals surface area contributed by atoms with Gasteiger partial charge in [-0.15, -0.1) is 0 Å². The highest BCUT2D eigenvalue weighted by molar-refractivity contribution is 7.97. The second-order valence-corrected chi connectivity index (χ2v) is 6.15. The van der Waals surface area contributed by atoms with Crippen LogP contribution in [-0.2, 0) is 5.75 Å². The molecule has 1 aromatic carbocycles. The fourth-order valence-electron chi connectivity index (χ4n) is 2.53. The minimum atomic E-state index is 0.0395. The molecule has 1 heterocycles. The number of amides is 1. The third kappa shape index (κ3) is 4.84. The lowest BCUT2D eigenvalue weighted by Gasteiger charge is -2.26. The highest BCUT2D eigenvalue weighted by Gasteiger charge is 2.10. The maximum absolute atomic E-state index is 12.0. The van der Waals surface area contributed by atoms with Gasteiger partial charge >= 0.3 is 0 Å². The second-order valence-electron chi connectivity index (χ2n) is 5.29. The third-order valence-electron chi connectivity index (χ3n) is 3.69. The van der Waals surface area contributed by atoms with Crippen LogP contribution in [0.1, 0.15) is 35.2 Å². The van der Waals surface area contributed by atoms with E-state index in [4.69, 9.17) is 0 Å². The van der Waals surface area contributed by atoms with Crippen LogP contribution in [0.25, 0.3) is 0 Å². The van der Waals surface area contributed by atoms with E-state index < -0.39 is 0 Å². The number of nitrogens with one attached hydrogen (secondary N) is 1. The maximum atomic E-state index is 12.0. The van der Waals surface area contributed by atoms with E-state index in [1.807, 2.05) is 24.3 Å². The summed E-state index contributed by atoms with van der Waals surface area (Å²) in [6.07, 6.45) is 6.03. The Labute approximate surface area is 126 Å². The van der Waals surface area contributed by atoms with Gasteiger partial charge in [0.05, 0.1) is 0 Å². The quantitative estimate of drug-likeness (QED) is 0.875. The SMILES string of the molecule is CSCc1ccc(C(=O)NCCN2CCCCC2)cc1. The molecule has 0 bridgehead atoms. The topological polar surface area (TPSA) is 32.3 Å². The van der Waals surface area contributed by atoms with Crippen LogP contribution in [0.15, 0.2) is 24.3 Å². The zero-order valence-corrected chi connectivity index (χ0v) is 13.0. The largest absolute Gasteiger partial charge is 0.351 e. The third-order valence-corrected chi connectivity index (χ3v) is 4.31. The van der Waals surface area contributed by atoms with Crippen molar-refractivity contribution in [2.24, 2.45) is 0 Å². The Hall–Kier alpha value is -1.00. The highest BCUT2D eigenvalue weighted by atomic mass is 32.2. The summed E-state index contributed by atoms with van der Waals surface area (Å²) in [5.41, 5.74) is 2.02. The summed E-state index contributed by atoms with van der Waals surface area (Å²) >= 11 is 1.79. The molecule has 0 unspecified atom stereocenters. The van der Waals surface area contributed by atoms with Crippen molar-refractivity contribution in [2.45, 2.75) is 25.0 Å². The van der Waals surface area contributed by atoms with Crippen LogP contribution in [0, 0.1) is 0 Å². The summed E-state index contributed by atoms with van der Waals surface area (Å²) in [5, 5.41) is 3.01. The molecule has 0 spiro atoms. The molecule has 4 heteroatoms. The molecular weight excluding hydrogens is 268 g/mol. The van der Waals surface area contributed by atoms with E-state index in [-0.39, 0.29) is 5.91 Å². The van der Waals surface area contributed by atoms with Gasteiger partial charge in [-0.2, -0.15) is 11.8 Å². The fourth-order valence-corrected chi connectivity index (χ4v) is 3.06. The number of carbonyl (C=O) groups is 1. The van der Waals surface area contributed by atoms with E-state index in [2.05, 4.69) is 16.5 Å². The van der Waals surface area contributed by atoms with Gasteiger partial charge in [0, 0.05) is 24.4 Å². The van der Waals surface area contributed by atoms with Gasteiger partial charge in [0.25, 0.3) is 5.91 Å². The number of piperidine rings is 1. The van der Waals surface area contributed by atoms with Crippen LogP contribution in [-0.4, -0.2) is 43.2 Å². The summed E-state index contributed by atoms with van der Waals surface area (Å²) in [6, 6.07) is 7.91. The summed E-state index contributed by atoms with van der Waals surface area (Å²) in [6.45, 7) is 4.07. The van der Waals surface area contributed by atoms with Crippen LogP contribution in [0.2, 0.25) is 0 Å². The average Bonchev–Trinajstić information content (AvgIpc) is 2.49. The number of benzene rings is 1. The van der Waals surface area contributed by atoms with Gasteiger partial charge in [0.15, 0.2) is 0 Å². The Balaban J connectivity index is 1.73. The van der Waals surface area contributed by atoms with E-state index >= 15 is 0 Å². The second kappa shape index (κ2) is 8.32. The molecule has 1 aliphatic rings. The molecule has 1 amide bonds. The molecule has 20 heavy (non-hydrogen) atoms. The molecular formula is C16H24N2OS. The molecule has 2 rings (SSSR count). The Morgan fingerprint density at radius 1 is 1.20 bits per heavy atom. The van der Waals surface area contributed by atoms with Crippen LogP contribution in [0.4, 0.5) is 0 Å². The Morgan fingerprint density at radius 2 is 1.90 bits per heavy atom. The van der Waals surface area contributed by atoms with Gasteiger partial charge in [-0.05, 0) is 49.9 Å². The lowest BCUT2D eigenvalue weighted by molar-refractivity contribution is 0.0946.